The van der Waals surface area contributed by atoms with E-state index < -0.39 is 0 Å². The molecule has 0 atom stereocenters. The summed E-state index contributed by atoms with van der Waals surface area (Å²) in [5, 5.41) is 4.44. The molecule has 0 bridgehead atoms. The summed E-state index contributed by atoms with van der Waals surface area (Å²) in [7, 11) is 0. The number of nitrogens with one attached hydrogen (secondary N) is 1. The van der Waals surface area contributed by atoms with Crippen LogP contribution < -0.4 is 10.1 Å². The maximum absolute atomic E-state index is 6.11. The molecule has 1 heterocycles. The first-order valence-corrected chi connectivity index (χ1v) is 7.11. The number of hydrogen-bond acceptors (Lipinski definition) is 3. The van der Waals surface area contributed by atoms with Gasteiger partial charge < -0.3 is 10.1 Å². The molecule has 0 fully saturated rings. The topological polar surface area (TPSA) is 34.2 Å². The SMILES string of the molecule is CC(C)NCc1ccncc1Oc1cc(Cl)ccc1Cl. The molecular weight excluding hydrogens is 295 g/mol. The summed E-state index contributed by atoms with van der Waals surface area (Å²) in [4.78, 5) is 4.09. The third-order valence-corrected chi connectivity index (χ3v) is 3.23. The summed E-state index contributed by atoms with van der Waals surface area (Å²) < 4.78 is 5.83. The van der Waals surface area contributed by atoms with Crippen LogP contribution in [0.2, 0.25) is 10.0 Å². The van der Waals surface area contributed by atoms with Crippen molar-refractivity contribution in [3.8, 4) is 11.5 Å². The first-order chi connectivity index (χ1) is 9.56. The first-order valence-electron chi connectivity index (χ1n) is 6.35. The average Bonchev–Trinajstić information content (AvgIpc) is 2.42. The van der Waals surface area contributed by atoms with Gasteiger partial charge in [-0.15, -0.1) is 0 Å². The zero-order valence-corrected chi connectivity index (χ0v) is 12.9. The molecular formula is C15H16Cl2N2O. The van der Waals surface area contributed by atoms with E-state index in [1.807, 2.05) is 6.07 Å². The lowest BCUT2D eigenvalue weighted by molar-refractivity contribution is 0.467. The minimum Gasteiger partial charge on any atom is -0.454 e. The van der Waals surface area contributed by atoms with Crippen molar-refractivity contribution in [1.82, 2.24) is 10.3 Å². The van der Waals surface area contributed by atoms with Crippen LogP contribution in [0.5, 0.6) is 11.5 Å². The molecule has 1 aromatic carbocycles. The highest BCUT2D eigenvalue weighted by atomic mass is 35.5. The molecule has 0 saturated heterocycles. The fraction of sp³-hybridized carbons (Fsp3) is 0.267. The summed E-state index contributed by atoms with van der Waals surface area (Å²) >= 11 is 12.1. The van der Waals surface area contributed by atoms with Crippen LogP contribution in [0.25, 0.3) is 0 Å². The van der Waals surface area contributed by atoms with Gasteiger partial charge in [0.25, 0.3) is 0 Å². The van der Waals surface area contributed by atoms with Crippen molar-refractivity contribution in [2.75, 3.05) is 0 Å². The lowest BCUT2D eigenvalue weighted by Crippen LogP contribution is -2.22. The summed E-state index contributed by atoms with van der Waals surface area (Å²) in [6.45, 7) is 4.89. The second kappa shape index (κ2) is 6.93. The molecule has 0 radical (unpaired) electrons. The molecule has 106 valence electrons. The monoisotopic (exact) mass is 310 g/mol. The number of benzene rings is 1. The lowest BCUT2D eigenvalue weighted by Gasteiger charge is -2.13. The van der Waals surface area contributed by atoms with E-state index in [1.165, 1.54) is 0 Å². The fourth-order valence-corrected chi connectivity index (χ4v) is 1.95. The first kappa shape index (κ1) is 15.1. The van der Waals surface area contributed by atoms with E-state index in [-0.39, 0.29) is 0 Å². The molecule has 20 heavy (non-hydrogen) atoms. The number of halogens is 2. The molecule has 2 rings (SSSR count). The molecule has 1 aromatic heterocycles. The maximum atomic E-state index is 6.11. The minimum absolute atomic E-state index is 0.394. The van der Waals surface area contributed by atoms with Gasteiger partial charge in [-0.25, -0.2) is 0 Å². The second-order valence-corrected chi connectivity index (χ2v) is 5.54. The van der Waals surface area contributed by atoms with Crippen LogP contribution in [0, 0.1) is 0 Å². The molecule has 0 aliphatic rings. The molecule has 0 saturated carbocycles. The Kier molecular flexibility index (Phi) is 5.24. The number of rotatable bonds is 5. The third kappa shape index (κ3) is 4.10. The van der Waals surface area contributed by atoms with Crippen molar-refractivity contribution < 1.29 is 4.74 Å². The molecule has 0 unspecified atom stereocenters. The van der Waals surface area contributed by atoms with E-state index in [2.05, 4.69) is 24.1 Å². The van der Waals surface area contributed by atoms with E-state index >= 15 is 0 Å². The van der Waals surface area contributed by atoms with Gasteiger partial charge in [-0.3, -0.25) is 4.98 Å². The zero-order valence-electron chi connectivity index (χ0n) is 11.4. The Morgan fingerprint density at radius 1 is 1.20 bits per heavy atom. The Hall–Kier alpha value is -1.29. The third-order valence-electron chi connectivity index (χ3n) is 2.68. The summed E-state index contributed by atoms with van der Waals surface area (Å²) in [5.41, 5.74) is 1.02. The Morgan fingerprint density at radius 3 is 2.75 bits per heavy atom. The Morgan fingerprint density at radius 2 is 2.00 bits per heavy atom. The quantitative estimate of drug-likeness (QED) is 0.870. The van der Waals surface area contributed by atoms with Crippen LogP contribution in [0.1, 0.15) is 19.4 Å². The van der Waals surface area contributed by atoms with Crippen molar-refractivity contribution in [3.63, 3.8) is 0 Å². The molecule has 1 N–H and O–H groups in total. The summed E-state index contributed by atoms with van der Waals surface area (Å²) in [6, 6.07) is 7.44. The van der Waals surface area contributed by atoms with E-state index in [9.17, 15) is 0 Å². The Balaban J connectivity index is 2.22. The zero-order chi connectivity index (χ0) is 14.5. The van der Waals surface area contributed by atoms with Gasteiger partial charge in [-0.05, 0) is 18.2 Å². The highest BCUT2D eigenvalue weighted by Crippen LogP contribution is 2.32. The van der Waals surface area contributed by atoms with Crippen molar-refractivity contribution in [1.29, 1.82) is 0 Å². The van der Waals surface area contributed by atoms with E-state index in [1.54, 1.807) is 30.6 Å². The van der Waals surface area contributed by atoms with Crippen molar-refractivity contribution in [2.45, 2.75) is 26.4 Å². The molecule has 0 aliphatic heterocycles. The van der Waals surface area contributed by atoms with Gasteiger partial charge >= 0.3 is 0 Å². The predicted octanol–water partition coefficient (Wildman–Crippen LogP) is 4.68. The number of hydrogen-bond donors (Lipinski definition) is 1. The van der Waals surface area contributed by atoms with Crippen LogP contribution >= 0.6 is 23.2 Å². The molecule has 0 aliphatic carbocycles. The highest BCUT2D eigenvalue weighted by molar-refractivity contribution is 6.34. The van der Waals surface area contributed by atoms with Gasteiger partial charge in [0.05, 0.1) is 11.2 Å². The smallest absolute Gasteiger partial charge is 0.150 e. The largest absolute Gasteiger partial charge is 0.454 e. The van der Waals surface area contributed by atoms with Crippen LogP contribution in [0.15, 0.2) is 36.7 Å². The normalized spacial score (nSPS) is 10.8. The number of ether oxygens (including phenoxy) is 1. The molecule has 3 nitrogen and oxygen atoms in total. The standard InChI is InChI=1S/C15H16Cl2N2O/c1-10(2)19-8-11-5-6-18-9-15(11)20-14-7-12(16)3-4-13(14)17/h3-7,9-10,19H,8H2,1-2H3. The minimum atomic E-state index is 0.394. The average molecular weight is 311 g/mol. The van der Waals surface area contributed by atoms with E-state index in [0.29, 0.717) is 34.1 Å². The van der Waals surface area contributed by atoms with Crippen LogP contribution in [0.3, 0.4) is 0 Å². The Bertz CT molecular complexity index is 588. The maximum Gasteiger partial charge on any atom is 0.150 e. The van der Waals surface area contributed by atoms with Crippen LogP contribution in [0.4, 0.5) is 0 Å². The second-order valence-electron chi connectivity index (χ2n) is 4.70. The number of pyridine rings is 1. The van der Waals surface area contributed by atoms with Crippen molar-refractivity contribution in [2.24, 2.45) is 0 Å². The van der Waals surface area contributed by atoms with Crippen LogP contribution in [-0.2, 0) is 6.54 Å². The number of nitrogens with zero attached hydrogens (tertiary/aromatic N) is 1. The van der Waals surface area contributed by atoms with Crippen LogP contribution in [-0.4, -0.2) is 11.0 Å². The van der Waals surface area contributed by atoms with E-state index in [4.69, 9.17) is 27.9 Å². The van der Waals surface area contributed by atoms with Gasteiger partial charge in [0.15, 0.2) is 0 Å². The molecule has 0 spiro atoms. The summed E-state index contributed by atoms with van der Waals surface area (Å²) in [6.07, 6.45) is 3.42. The molecule has 2 aromatic rings. The van der Waals surface area contributed by atoms with Crippen molar-refractivity contribution in [3.05, 3.63) is 52.3 Å². The van der Waals surface area contributed by atoms with Gasteiger partial charge in [-0.2, -0.15) is 0 Å². The van der Waals surface area contributed by atoms with Gasteiger partial charge in [0.1, 0.15) is 11.5 Å². The predicted molar refractivity (Wildman–Crippen MR) is 82.7 cm³/mol. The fourth-order valence-electron chi connectivity index (χ4n) is 1.63. The van der Waals surface area contributed by atoms with E-state index in [0.717, 1.165) is 5.56 Å². The van der Waals surface area contributed by atoms with Crippen molar-refractivity contribution >= 4 is 23.2 Å². The van der Waals surface area contributed by atoms with Gasteiger partial charge in [0, 0.05) is 35.4 Å². The van der Waals surface area contributed by atoms with Gasteiger partial charge in [0.2, 0.25) is 0 Å². The summed E-state index contributed by atoms with van der Waals surface area (Å²) in [5.74, 6) is 1.20. The lowest BCUT2D eigenvalue weighted by atomic mass is 10.2. The molecule has 0 amide bonds. The van der Waals surface area contributed by atoms with Gasteiger partial charge in [-0.1, -0.05) is 37.0 Å². The highest BCUT2D eigenvalue weighted by Gasteiger charge is 2.09. The Labute approximate surface area is 128 Å². The number of aromatic nitrogens is 1. The molecule has 5 heteroatoms.